The van der Waals surface area contributed by atoms with Crippen LogP contribution < -0.4 is 0 Å². The van der Waals surface area contributed by atoms with Crippen molar-refractivity contribution in [2.45, 2.75) is 6.54 Å². The van der Waals surface area contributed by atoms with E-state index in [-0.39, 0.29) is 0 Å². The van der Waals surface area contributed by atoms with E-state index >= 15 is 0 Å². The monoisotopic (exact) mass is 277 g/mol. The van der Waals surface area contributed by atoms with Crippen molar-refractivity contribution in [3.05, 3.63) is 32.4 Å². The summed E-state index contributed by atoms with van der Waals surface area (Å²) >= 11 is 10.5. The van der Waals surface area contributed by atoms with Crippen LogP contribution in [0.3, 0.4) is 0 Å². The average molecular weight is 279 g/mol. The maximum Gasteiger partial charge on any atom is 0.183 e. The van der Waals surface area contributed by atoms with Crippen LogP contribution in [0.5, 0.6) is 0 Å². The lowest BCUT2D eigenvalue weighted by Crippen LogP contribution is -1.97. The van der Waals surface area contributed by atoms with Crippen molar-refractivity contribution in [3.63, 3.8) is 0 Å². The summed E-state index contributed by atoms with van der Waals surface area (Å²) in [6.07, 6.45) is 3.67. The molecule has 3 nitrogen and oxygen atoms in total. The Kier molecular flexibility index (Phi) is 2.66. The number of nitrogens with zero attached hydrogens (tertiary/aromatic N) is 3. The van der Waals surface area contributed by atoms with Crippen LogP contribution in [0.2, 0.25) is 4.47 Å². The third-order valence-electron chi connectivity index (χ3n) is 1.45. The van der Waals surface area contributed by atoms with E-state index in [0.717, 1.165) is 16.0 Å². The number of hydrogen-bond donors (Lipinski definition) is 0. The number of halogens is 2. The molecule has 2 aromatic rings. The number of rotatable bonds is 2. The number of thiazole rings is 1. The van der Waals surface area contributed by atoms with Crippen molar-refractivity contribution in [2.75, 3.05) is 0 Å². The van der Waals surface area contributed by atoms with Crippen LogP contribution in [-0.2, 0) is 6.54 Å². The number of hydrogen-bond acceptors (Lipinski definition) is 3. The lowest BCUT2D eigenvalue weighted by molar-refractivity contribution is 0.688. The van der Waals surface area contributed by atoms with Crippen molar-refractivity contribution < 1.29 is 0 Å². The molecule has 2 aromatic heterocycles. The highest BCUT2D eigenvalue weighted by Crippen LogP contribution is 2.18. The Morgan fingerprint density at radius 1 is 1.62 bits per heavy atom. The molecule has 0 atom stereocenters. The molecule has 0 unspecified atom stereocenters. The first-order valence-electron chi connectivity index (χ1n) is 3.53. The van der Waals surface area contributed by atoms with Gasteiger partial charge in [-0.1, -0.05) is 11.6 Å². The lowest BCUT2D eigenvalue weighted by atomic mass is 10.5. The molecule has 68 valence electrons. The summed E-state index contributed by atoms with van der Waals surface area (Å²) in [5, 5.41) is 4.18. The SMILES string of the molecule is Clc1ncc(Cn2ccc(Br)n2)s1. The fourth-order valence-corrected chi connectivity index (χ4v) is 2.23. The Labute approximate surface area is 92.5 Å². The van der Waals surface area contributed by atoms with E-state index in [0.29, 0.717) is 4.47 Å². The van der Waals surface area contributed by atoms with Gasteiger partial charge in [0.1, 0.15) is 4.60 Å². The zero-order valence-electron chi connectivity index (χ0n) is 6.44. The first-order valence-corrected chi connectivity index (χ1v) is 5.52. The van der Waals surface area contributed by atoms with E-state index in [1.54, 1.807) is 6.20 Å². The lowest BCUT2D eigenvalue weighted by Gasteiger charge is -1.95. The van der Waals surface area contributed by atoms with Gasteiger partial charge in [0.15, 0.2) is 4.47 Å². The minimum atomic E-state index is 0.571. The van der Waals surface area contributed by atoms with Gasteiger partial charge in [-0.3, -0.25) is 4.68 Å². The van der Waals surface area contributed by atoms with Gasteiger partial charge >= 0.3 is 0 Å². The van der Waals surface area contributed by atoms with Gasteiger partial charge in [-0.15, -0.1) is 11.3 Å². The fraction of sp³-hybridized carbons (Fsp3) is 0.143. The molecule has 2 rings (SSSR count). The van der Waals surface area contributed by atoms with Gasteiger partial charge in [-0.2, -0.15) is 5.10 Å². The predicted molar refractivity (Wildman–Crippen MR) is 56.2 cm³/mol. The second-order valence-corrected chi connectivity index (χ2v) is 4.93. The maximum absolute atomic E-state index is 5.70. The third-order valence-corrected chi connectivity index (χ3v) is 2.97. The second kappa shape index (κ2) is 3.77. The van der Waals surface area contributed by atoms with Crippen molar-refractivity contribution in [1.29, 1.82) is 0 Å². The van der Waals surface area contributed by atoms with Gasteiger partial charge < -0.3 is 0 Å². The maximum atomic E-state index is 5.70. The molecule has 2 heterocycles. The molecular formula is C7H5BrClN3S. The second-order valence-electron chi connectivity index (χ2n) is 2.42. The van der Waals surface area contributed by atoms with Crippen molar-refractivity contribution in [1.82, 2.24) is 14.8 Å². The molecule has 0 fully saturated rings. The molecular weight excluding hydrogens is 274 g/mol. The van der Waals surface area contributed by atoms with Gasteiger partial charge in [0.2, 0.25) is 0 Å². The molecule has 0 spiro atoms. The Bertz CT molecular complexity index is 373. The molecule has 13 heavy (non-hydrogen) atoms. The summed E-state index contributed by atoms with van der Waals surface area (Å²) in [7, 11) is 0. The molecule has 6 heteroatoms. The summed E-state index contributed by atoms with van der Waals surface area (Å²) in [5.74, 6) is 0. The summed E-state index contributed by atoms with van der Waals surface area (Å²) < 4.78 is 3.23. The number of aromatic nitrogens is 3. The zero-order valence-corrected chi connectivity index (χ0v) is 9.60. The van der Waals surface area contributed by atoms with Gasteiger partial charge in [0.05, 0.1) is 6.54 Å². The Hall–Kier alpha value is -0.390. The average Bonchev–Trinajstić information content (AvgIpc) is 2.62. The van der Waals surface area contributed by atoms with Crippen LogP contribution in [0.15, 0.2) is 23.1 Å². The molecule has 0 saturated carbocycles. The smallest absolute Gasteiger partial charge is 0.183 e. The topological polar surface area (TPSA) is 30.7 Å². The summed E-state index contributed by atoms with van der Waals surface area (Å²) in [4.78, 5) is 5.05. The molecule has 0 aliphatic heterocycles. The molecule has 0 saturated heterocycles. The summed E-state index contributed by atoms with van der Waals surface area (Å²) in [6, 6.07) is 1.89. The largest absolute Gasteiger partial charge is 0.266 e. The van der Waals surface area contributed by atoms with Crippen LogP contribution in [-0.4, -0.2) is 14.8 Å². The Balaban J connectivity index is 2.14. The predicted octanol–water partition coefficient (Wildman–Crippen LogP) is 2.80. The summed E-state index contributed by atoms with van der Waals surface area (Å²) in [6.45, 7) is 0.718. The summed E-state index contributed by atoms with van der Waals surface area (Å²) in [5.41, 5.74) is 0. The highest BCUT2D eigenvalue weighted by Gasteiger charge is 2.01. The Morgan fingerprint density at radius 3 is 3.00 bits per heavy atom. The highest BCUT2D eigenvalue weighted by atomic mass is 79.9. The van der Waals surface area contributed by atoms with E-state index in [1.165, 1.54) is 11.3 Å². The van der Waals surface area contributed by atoms with Crippen molar-refractivity contribution in [3.8, 4) is 0 Å². The van der Waals surface area contributed by atoms with Gasteiger partial charge in [0, 0.05) is 17.3 Å². The van der Waals surface area contributed by atoms with Crippen LogP contribution in [0.1, 0.15) is 4.88 Å². The van der Waals surface area contributed by atoms with E-state index in [2.05, 4.69) is 26.0 Å². The van der Waals surface area contributed by atoms with Gasteiger partial charge in [-0.25, -0.2) is 4.98 Å². The highest BCUT2D eigenvalue weighted by molar-refractivity contribution is 9.10. The molecule has 0 bridgehead atoms. The van der Waals surface area contributed by atoms with Crippen LogP contribution in [0, 0.1) is 0 Å². The fourth-order valence-electron chi connectivity index (χ4n) is 0.941. The van der Waals surface area contributed by atoms with E-state index in [4.69, 9.17) is 11.6 Å². The molecule has 0 amide bonds. The molecule has 0 radical (unpaired) electrons. The third kappa shape index (κ3) is 2.30. The van der Waals surface area contributed by atoms with Crippen LogP contribution in [0.4, 0.5) is 0 Å². The van der Waals surface area contributed by atoms with Crippen molar-refractivity contribution >= 4 is 38.9 Å². The minimum absolute atomic E-state index is 0.571. The van der Waals surface area contributed by atoms with Crippen LogP contribution >= 0.6 is 38.9 Å². The van der Waals surface area contributed by atoms with Crippen LogP contribution in [0.25, 0.3) is 0 Å². The first-order chi connectivity index (χ1) is 6.24. The zero-order chi connectivity index (χ0) is 9.26. The molecule has 0 aliphatic carbocycles. The Morgan fingerprint density at radius 2 is 2.46 bits per heavy atom. The van der Waals surface area contributed by atoms with Crippen molar-refractivity contribution in [2.24, 2.45) is 0 Å². The van der Waals surface area contributed by atoms with Gasteiger partial charge in [0.25, 0.3) is 0 Å². The minimum Gasteiger partial charge on any atom is -0.266 e. The van der Waals surface area contributed by atoms with Gasteiger partial charge in [-0.05, 0) is 22.0 Å². The van der Waals surface area contributed by atoms with E-state index < -0.39 is 0 Å². The quantitative estimate of drug-likeness (QED) is 0.846. The normalized spacial score (nSPS) is 10.6. The first kappa shape index (κ1) is 9.18. The standard InChI is InChI=1S/C7H5BrClN3S/c8-6-1-2-12(11-6)4-5-3-10-7(9)13-5/h1-3H,4H2. The van der Waals surface area contributed by atoms with E-state index in [9.17, 15) is 0 Å². The molecule has 0 aliphatic rings. The van der Waals surface area contributed by atoms with E-state index in [1.807, 2.05) is 16.9 Å². The molecule has 0 aromatic carbocycles. The molecule has 0 N–H and O–H groups in total.